The molecular weight excluding hydrogens is 300 g/mol. The van der Waals surface area contributed by atoms with E-state index in [-0.39, 0.29) is 18.5 Å². The van der Waals surface area contributed by atoms with Crippen molar-refractivity contribution in [3.63, 3.8) is 0 Å². The Bertz CT molecular complexity index is 683. The van der Waals surface area contributed by atoms with E-state index in [9.17, 15) is 4.79 Å². The van der Waals surface area contributed by atoms with E-state index in [2.05, 4.69) is 17.2 Å². The summed E-state index contributed by atoms with van der Waals surface area (Å²) in [6.07, 6.45) is 0. The fourth-order valence-electron chi connectivity index (χ4n) is 2.18. The molecule has 0 aliphatic carbocycles. The molecule has 0 aliphatic heterocycles. The lowest BCUT2D eigenvalue weighted by Gasteiger charge is -2.14. The third kappa shape index (κ3) is 5.89. The number of carbonyl (C=O) groups is 1. The number of benzene rings is 2. The minimum Gasteiger partial charge on any atom is -0.489 e. The number of ether oxygens (including phenoxy) is 1. The molecule has 4 nitrogen and oxygen atoms in total. The Hall–Kier alpha value is -2.59. The lowest BCUT2D eigenvalue weighted by atomic mass is 10.1. The minimum absolute atomic E-state index is 0.0881. The Morgan fingerprint density at radius 2 is 1.92 bits per heavy atom. The van der Waals surface area contributed by atoms with Gasteiger partial charge >= 0.3 is 0 Å². The highest BCUT2D eigenvalue weighted by Gasteiger charge is 2.08. The van der Waals surface area contributed by atoms with Crippen molar-refractivity contribution < 1.29 is 9.53 Å². The number of nitrogens with one attached hydrogen (secondary N) is 2. The molecule has 4 heteroatoms. The van der Waals surface area contributed by atoms with E-state index >= 15 is 0 Å². The van der Waals surface area contributed by atoms with Gasteiger partial charge in [0.25, 0.3) is 0 Å². The van der Waals surface area contributed by atoms with Gasteiger partial charge in [-0.05, 0) is 37.1 Å². The number of hydrogen-bond acceptors (Lipinski definition) is 3. The van der Waals surface area contributed by atoms with Gasteiger partial charge in [0.05, 0.1) is 6.54 Å². The third-order valence-electron chi connectivity index (χ3n) is 3.47. The van der Waals surface area contributed by atoms with E-state index in [1.54, 1.807) is 0 Å². The van der Waals surface area contributed by atoms with Crippen LogP contribution in [0.25, 0.3) is 0 Å². The van der Waals surface area contributed by atoms with Crippen LogP contribution in [0.2, 0.25) is 0 Å². The van der Waals surface area contributed by atoms with Crippen molar-refractivity contribution >= 4 is 11.6 Å². The molecule has 126 valence electrons. The van der Waals surface area contributed by atoms with Gasteiger partial charge in [0.1, 0.15) is 12.4 Å². The average Bonchev–Trinajstić information content (AvgIpc) is 2.59. The second-order valence-electron chi connectivity index (χ2n) is 5.84. The van der Waals surface area contributed by atoms with E-state index in [1.165, 1.54) is 0 Å². The highest BCUT2D eigenvalue weighted by Crippen LogP contribution is 2.18. The maximum Gasteiger partial charge on any atom is 0.238 e. The fraction of sp³-hybridized carbons (Fsp3) is 0.250. The second-order valence-corrected chi connectivity index (χ2v) is 5.84. The summed E-state index contributed by atoms with van der Waals surface area (Å²) in [6.45, 7) is 8.46. The minimum atomic E-state index is -0.0881. The van der Waals surface area contributed by atoms with Crippen molar-refractivity contribution in [2.75, 3.05) is 18.5 Å². The summed E-state index contributed by atoms with van der Waals surface area (Å²) in [7, 11) is 0. The van der Waals surface area contributed by atoms with Gasteiger partial charge < -0.3 is 15.4 Å². The van der Waals surface area contributed by atoms with Gasteiger partial charge in [0.2, 0.25) is 5.91 Å². The van der Waals surface area contributed by atoms with Gasteiger partial charge in [-0.1, -0.05) is 43.0 Å². The molecule has 0 bridgehead atoms. The molecule has 0 heterocycles. The van der Waals surface area contributed by atoms with Crippen molar-refractivity contribution in [1.29, 1.82) is 0 Å². The smallest absolute Gasteiger partial charge is 0.238 e. The monoisotopic (exact) mass is 324 g/mol. The maximum atomic E-state index is 12.1. The summed E-state index contributed by atoms with van der Waals surface area (Å²) >= 11 is 0. The summed E-state index contributed by atoms with van der Waals surface area (Å²) < 4.78 is 5.58. The van der Waals surface area contributed by atoms with Crippen molar-refractivity contribution in [1.82, 2.24) is 5.32 Å². The highest BCUT2D eigenvalue weighted by molar-refractivity contribution is 5.92. The number of rotatable bonds is 8. The zero-order valence-corrected chi connectivity index (χ0v) is 14.2. The molecule has 1 amide bonds. The molecule has 1 atom stereocenters. The van der Waals surface area contributed by atoms with Crippen LogP contribution in [0, 0.1) is 0 Å². The van der Waals surface area contributed by atoms with Crippen molar-refractivity contribution in [2.45, 2.75) is 19.9 Å². The predicted molar refractivity (Wildman–Crippen MR) is 98.2 cm³/mol. The summed E-state index contributed by atoms with van der Waals surface area (Å²) in [6, 6.07) is 17.5. The van der Waals surface area contributed by atoms with Crippen LogP contribution in [0.1, 0.15) is 25.5 Å². The van der Waals surface area contributed by atoms with E-state index in [0.29, 0.717) is 18.0 Å². The first kappa shape index (κ1) is 17.8. The molecule has 1 unspecified atom stereocenters. The first-order valence-corrected chi connectivity index (χ1v) is 8.00. The summed E-state index contributed by atoms with van der Waals surface area (Å²) in [5.74, 6) is 0.622. The molecular formula is C20H24N2O2. The quantitative estimate of drug-likeness (QED) is 0.723. The Balaban J connectivity index is 1.84. The van der Waals surface area contributed by atoms with Crippen LogP contribution in [-0.4, -0.2) is 19.1 Å². The normalized spacial score (nSPS) is 11.6. The topological polar surface area (TPSA) is 50.4 Å². The largest absolute Gasteiger partial charge is 0.489 e. The Labute approximate surface area is 143 Å². The lowest BCUT2D eigenvalue weighted by molar-refractivity contribution is -0.115. The molecule has 24 heavy (non-hydrogen) atoms. The highest BCUT2D eigenvalue weighted by atomic mass is 16.5. The molecule has 0 radical (unpaired) electrons. The van der Waals surface area contributed by atoms with Gasteiger partial charge in [-0.15, -0.1) is 0 Å². The van der Waals surface area contributed by atoms with Gasteiger partial charge in [0, 0.05) is 17.8 Å². The van der Waals surface area contributed by atoms with Gasteiger partial charge in [-0.2, -0.15) is 0 Å². The van der Waals surface area contributed by atoms with Crippen LogP contribution in [0.15, 0.2) is 66.7 Å². The molecule has 2 aromatic carbocycles. The van der Waals surface area contributed by atoms with Gasteiger partial charge in [-0.3, -0.25) is 4.79 Å². The van der Waals surface area contributed by atoms with Crippen LogP contribution in [-0.2, 0) is 4.79 Å². The zero-order chi connectivity index (χ0) is 17.4. The summed E-state index contributed by atoms with van der Waals surface area (Å²) in [4.78, 5) is 12.1. The zero-order valence-electron chi connectivity index (χ0n) is 14.2. The van der Waals surface area contributed by atoms with Crippen LogP contribution in [0.4, 0.5) is 5.69 Å². The van der Waals surface area contributed by atoms with Crippen LogP contribution in [0.3, 0.4) is 0 Å². The first-order chi connectivity index (χ1) is 11.5. The molecule has 0 aliphatic rings. The van der Waals surface area contributed by atoms with Crippen LogP contribution >= 0.6 is 0 Å². The fourth-order valence-corrected chi connectivity index (χ4v) is 2.18. The molecule has 2 aromatic rings. The maximum absolute atomic E-state index is 12.1. The summed E-state index contributed by atoms with van der Waals surface area (Å²) in [5, 5.41) is 6.09. The Kier molecular flexibility index (Phi) is 6.58. The van der Waals surface area contributed by atoms with Gasteiger partial charge in [-0.25, -0.2) is 0 Å². The Morgan fingerprint density at radius 3 is 2.62 bits per heavy atom. The number of carbonyl (C=O) groups excluding carboxylic acids is 1. The van der Waals surface area contributed by atoms with E-state index < -0.39 is 0 Å². The molecule has 0 aromatic heterocycles. The number of amides is 1. The van der Waals surface area contributed by atoms with Crippen molar-refractivity contribution in [2.24, 2.45) is 0 Å². The SMILES string of the molecule is C=C(C)COc1cccc(NC(=O)CNC(C)c2ccccc2)c1. The predicted octanol–water partition coefficient (Wildman–Crippen LogP) is 3.93. The molecule has 0 fully saturated rings. The van der Waals surface area contributed by atoms with E-state index in [4.69, 9.17) is 4.74 Å². The molecule has 2 N–H and O–H groups in total. The first-order valence-electron chi connectivity index (χ1n) is 8.00. The van der Waals surface area contributed by atoms with E-state index in [0.717, 1.165) is 11.1 Å². The second kappa shape index (κ2) is 8.89. The standard InChI is InChI=1S/C20H24N2O2/c1-15(2)14-24-19-11-7-10-18(12-19)22-20(23)13-21-16(3)17-8-5-4-6-9-17/h4-12,16,21H,1,13-14H2,2-3H3,(H,22,23). The van der Waals surface area contributed by atoms with Crippen LogP contribution < -0.4 is 15.4 Å². The molecule has 0 spiro atoms. The van der Waals surface area contributed by atoms with Gasteiger partial charge in [0.15, 0.2) is 0 Å². The lowest BCUT2D eigenvalue weighted by Crippen LogP contribution is -2.30. The number of hydrogen-bond donors (Lipinski definition) is 2. The van der Waals surface area contributed by atoms with Crippen molar-refractivity contribution in [3.8, 4) is 5.75 Å². The Morgan fingerprint density at radius 1 is 1.17 bits per heavy atom. The average molecular weight is 324 g/mol. The van der Waals surface area contributed by atoms with Crippen LogP contribution in [0.5, 0.6) is 5.75 Å². The molecule has 0 saturated carbocycles. The van der Waals surface area contributed by atoms with Crippen molar-refractivity contribution in [3.05, 3.63) is 72.3 Å². The molecule has 2 rings (SSSR count). The third-order valence-corrected chi connectivity index (χ3v) is 3.47. The van der Waals surface area contributed by atoms with E-state index in [1.807, 2.05) is 68.4 Å². The number of anilines is 1. The summed E-state index contributed by atoms with van der Waals surface area (Å²) in [5.41, 5.74) is 2.82. The molecule has 0 saturated heterocycles.